The number of nitrogens with zero attached hydrogens (tertiary/aromatic N) is 1. The maximum atomic E-state index is 11.9. The lowest BCUT2D eigenvalue weighted by Crippen LogP contribution is -2.38. The molecule has 16 heavy (non-hydrogen) atoms. The van der Waals surface area contributed by atoms with Gasteiger partial charge in [-0.1, -0.05) is 41.6 Å². The Balaban J connectivity index is 2.78. The zero-order chi connectivity index (χ0) is 11.8. The minimum Gasteiger partial charge on any atom is -0.411 e. The highest BCUT2D eigenvalue weighted by molar-refractivity contribution is 6.09. The Morgan fingerprint density at radius 3 is 2.75 bits per heavy atom. The monoisotopic (exact) mass is 218 g/mol. The van der Waals surface area contributed by atoms with Crippen molar-refractivity contribution < 1.29 is 10.0 Å². The average Bonchev–Trinajstić information content (AvgIpc) is 2.35. The standard InChI is InChI=1S/C12H14N2O2/c1-2-8-13-11(9-14-16)12(15)10-6-4-3-5-7-10/h2-7,9,11,13,16H,1,8H2. The Labute approximate surface area is 94.3 Å². The summed E-state index contributed by atoms with van der Waals surface area (Å²) in [4.78, 5) is 11.9. The first-order valence-electron chi connectivity index (χ1n) is 4.90. The van der Waals surface area contributed by atoms with Gasteiger partial charge in [-0.15, -0.1) is 6.58 Å². The summed E-state index contributed by atoms with van der Waals surface area (Å²) in [6.45, 7) is 4.01. The van der Waals surface area contributed by atoms with E-state index in [2.05, 4.69) is 17.1 Å². The van der Waals surface area contributed by atoms with Crippen molar-refractivity contribution in [2.45, 2.75) is 6.04 Å². The molecular formula is C12H14N2O2. The van der Waals surface area contributed by atoms with Crippen LogP contribution in [0.4, 0.5) is 0 Å². The van der Waals surface area contributed by atoms with E-state index in [0.29, 0.717) is 12.1 Å². The predicted molar refractivity (Wildman–Crippen MR) is 63.0 cm³/mol. The fourth-order valence-corrected chi connectivity index (χ4v) is 1.27. The third-order valence-electron chi connectivity index (χ3n) is 2.04. The Kier molecular flexibility index (Phi) is 4.95. The summed E-state index contributed by atoms with van der Waals surface area (Å²) in [5.41, 5.74) is 0.573. The van der Waals surface area contributed by atoms with Crippen LogP contribution in [0.5, 0.6) is 0 Å². The number of carbonyl (C=O) groups is 1. The molecule has 0 amide bonds. The van der Waals surface area contributed by atoms with Gasteiger partial charge in [0.15, 0.2) is 5.78 Å². The van der Waals surface area contributed by atoms with E-state index < -0.39 is 6.04 Å². The molecule has 0 saturated carbocycles. The zero-order valence-corrected chi connectivity index (χ0v) is 8.84. The van der Waals surface area contributed by atoms with Crippen LogP contribution in [-0.4, -0.2) is 29.8 Å². The van der Waals surface area contributed by atoms with Crippen LogP contribution in [0.3, 0.4) is 0 Å². The Morgan fingerprint density at radius 1 is 1.50 bits per heavy atom. The highest BCUT2D eigenvalue weighted by Crippen LogP contribution is 2.02. The molecule has 0 bridgehead atoms. The number of ketones is 1. The van der Waals surface area contributed by atoms with Crippen molar-refractivity contribution in [3.05, 3.63) is 48.6 Å². The Morgan fingerprint density at radius 2 is 2.19 bits per heavy atom. The van der Waals surface area contributed by atoms with Crippen molar-refractivity contribution in [2.75, 3.05) is 6.54 Å². The summed E-state index contributed by atoms with van der Waals surface area (Å²) >= 11 is 0. The summed E-state index contributed by atoms with van der Waals surface area (Å²) < 4.78 is 0. The third kappa shape index (κ3) is 3.33. The molecule has 1 unspecified atom stereocenters. The number of hydrogen-bond donors (Lipinski definition) is 2. The topological polar surface area (TPSA) is 61.7 Å². The van der Waals surface area contributed by atoms with E-state index in [1.54, 1.807) is 30.3 Å². The van der Waals surface area contributed by atoms with Crippen molar-refractivity contribution in [1.29, 1.82) is 0 Å². The van der Waals surface area contributed by atoms with Gasteiger partial charge < -0.3 is 5.21 Å². The molecule has 1 aromatic rings. The lowest BCUT2D eigenvalue weighted by atomic mass is 10.1. The molecule has 0 aliphatic rings. The molecule has 0 aliphatic heterocycles. The van der Waals surface area contributed by atoms with Gasteiger partial charge in [0.25, 0.3) is 0 Å². The molecular weight excluding hydrogens is 204 g/mol. The second-order valence-corrected chi connectivity index (χ2v) is 3.17. The first-order valence-corrected chi connectivity index (χ1v) is 4.90. The van der Waals surface area contributed by atoms with Crippen LogP contribution in [0.15, 0.2) is 48.1 Å². The van der Waals surface area contributed by atoms with Gasteiger partial charge in [0, 0.05) is 12.1 Å². The maximum absolute atomic E-state index is 11.9. The molecule has 0 spiro atoms. The first kappa shape index (κ1) is 12.1. The minimum atomic E-state index is -0.634. The fourth-order valence-electron chi connectivity index (χ4n) is 1.27. The van der Waals surface area contributed by atoms with E-state index in [4.69, 9.17) is 5.21 Å². The number of carbonyl (C=O) groups excluding carboxylic acids is 1. The van der Waals surface area contributed by atoms with E-state index in [0.717, 1.165) is 0 Å². The number of benzene rings is 1. The molecule has 0 heterocycles. The molecule has 84 valence electrons. The molecule has 4 nitrogen and oxygen atoms in total. The minimum absolute atomic E-state index is 0.139. The number of oxime groups is 1. The largest absolute Gasteiger partial charge is 0.411 e. The van der Waals surface area contributed by atoms with Gasteiger partial charge in [-0.3, -0.25) is 10.1 Å². The third-order valence-corrected chi connectivity index (χ3v) is 2.04. The van der Waals surface area contributed by atoms with E-state index in [-0.39, 0.29) is 5.78 Å². The van der Waals surface area contributed by atoms with Crippen LogP contribution in [0, 0.1) is 0 Å². The van der Waals surface area contributed by atoms with E-state index in [9.17, 15) is 4.79 Å². The Bertz CT molecular complexity index is 374. The fraction of sp³-hybridized carbons (Fsp3) is 0.167. The van der Waals surface area contributed by atoms with Crippen molar-refractivity contribution >= 4 is 12.0 Å². The second kappa shape index (κ2) is 6.53. The summed E-state index contributed by atoms with van der Waals surface area (Å²) in [6, 6.07) is 8.21. The molecule has 4 heteroatoms. The van der Waals surface area contributed by atoms with Gasteiger partial charge >= 0.3 is 0 Å². The van der Waals surface area contributed by atoms with Crippen LogP contribution < -0.4 is 5.32 Å². The van der Waals surface area contributed by atoms with Gasteiger partial charge in [0.1, 0.15) is 6.04 Å². The van der Waals surface area contributed by atoms with Crippen LogP contribution in [0.2, 0.25) is 0 Å². The predicted octanol–water partition coefficient (Wildman–Crippen LogP) is 1.47. The van der Waals surface area contributed by atoms with Crippen molar-refractivity contribution in [3.8, 4) is 0 Å². The van der Waals surface area contributed by atoms with E-state index >= 15 is 0 Å². The lowest BCUT2D eigenvalue weighted by molar-refractivity contribution is 0.0972. The molecule has 0 radical (unpaired) electrons. The molecule has 0 aliphatic carbocycles. The van der Waals surface area contributed by atoms with Crippen molar-refractivity contribution in [3.63, 3.8) is 0 Å². The van der Waals surface area contributed by atoms with Gasteiger partial charge in [-0.05, 0) is 0 Å². The van der Waals surface area contributed by atoms with Crippen LogP contribution >= 0.6 is 0 Å². The van der Waals surface area contributed by atoms with Crippen LogP contribution in [0.25, 0.3) is 0 Å². The summed E-state index contributed by atoms with van der Waals surface area (Å²) in [5.74, 6) is -0.139. The average molecular weight is 218 g/mol. The molecule has 0 fully saturated rings. The molecule has 1 aromatic carbocycles. The molecule has 1 atom stereocenters. The number of Topliss-reactive ketones (excluding diaryl/α,β-unsaturated/α-hetero) is 1. The molecule has 2 N–H and O–H groups in total. The van der Waals surface area contributed by atoms with Gasteiger partial charge in [0.2, 0.25) is 0 Å². The first-order chi connectivity index (χ1) is 7.79. The smallest absolute Gasteiger partial charge is 0.185 e. The zero-order valence-electron chi connectivity index (χ0n) is 8.84. The molecule has 1 rings (SSSR count). The SMILES string of the molecule is C=CCNC(C=NO)C(=O)c1ccccc1. The van der Waals surface area contributed by atoms with Crippen molar-refractivity contribution in [2.24, 2.45) is 5.16 Å². The normalized spacial score (nSPS) is 12.5. The number of rotatable bonds is 6. The Hall–Kier alpha value is -1.94. The summed E-state index contributed by atoms with van der Waals surface area (Å²) in [5, 5.41) is 14.3. The summed E-state index contributed by atoms with van der Waals surface area (Å²) in [6.07, 6.45) is 2.80. The van der Waals surface area contributed by atoms with Crippen LogP contribution in [-0.2, 0) is 0 Å². The highest BCUT2D eigenvalue weighted by Gasteiger charge is 2.16. The van der Waals surface area contributed by atoms with Gasteiger partial charge in [-0.25, -0.2) is 0 Å². The van der Waals surface area contributed by atoms with Gasteiger partial charge in [-0.2, -0.15) is 0 Å². The molecule has 0 saturated heterocycles. The van der Waals surface area contributed by atoms with E-state index in [1.807, 2.05) is 6.07 Å². The lowest BCUT2D eigenvalue weighted by Gasteiger charge is -2.11. The maximum Gasteiger partial charge on any atom is 0.185 e. The number of hydrogen-bond acceptors (Lipinski definition) is 4. The van der Waals surface area contributed by atoms with Crippen LogP contribution in [0.1, 0.15) is 10.4 Å². The second-order valence-electron chi connectivity index (χ2n) is 3.17. The molecule has 0 aromatic heterocycles. The van der Waals surface area contributed by atoms with Crippen molar-refractivity contribution in [1.82, 2.24) is 5.32 Å². The number of nitrogens with one attached hydrogen (secondary N) is 1. The van der Waals surface area contributed by atoms with E-state index in [1.165, 1.54) is 6.21 Å². The van der Waals surface area contributed by atoms with Gasteiger partial charge in [0.05, 0.1) is 6.21 Å². The highest BCUT2D eigenvalue weighted by atomic mass is 16.4. The quantitative estimate of drug-likeness (QED) is 0.250. The summed E-state index contributed by atoms with van der Waals surface area (Å²) in [7, 11) is 0.